The number of sulfonamides is 1. The molecule has 1 N–H and O–H groups in total. The lowest BCUT2D eigenvalue weighted by atomic mass is 10.2. The number of rotatable bonds is 7. The van der Waals surface area contributed by atoms with Crippen molar-refractivity contribution in [1.29, 1.82) is 0 Å². The fourth-order valence-electron chi connectivity index (χ4n) is 3.30. The third-order valence-electron chi connectivity index (χ3n) is 4.75. The lowest BCUT2D eigenvalue weighted by Crippen LogP contribution is -2.45. The molecule has 1 amide bonds. The van der Waals surface area contributed by atoms with Crippen molar-refractivity contribution >= 4 is 21.7 Å². The van der Waals surface area contributed by atoms with Gasteiger partial charge in [0.05, 0.1) is 18.8 Å². The average Bonchev–Trinajstić information content (AvgIpc) is 2.72. The summed E-state index contributed by atoms with van der Waals surface area (Å²) in [7, 11) is -2.40. The minimum atomic E-state index is -3.76. The maximum absolute atomic E-state index is 12.5. The number of nitrogens with zero attached hydrogens (tertiary/aromatic N) is 4. The molecule has 3 rings (SSSR count). The van der Waals surface area contributed by atoms with Crippen molar-refractivity contribution in [2.75, 3.05) is 31.6 Å². The number of pyridine rings is 2. The zero-order valence-electron chi connectivity index (χ0n) is 17.4. The van der Waals surface area contributed by atoms with Gasteiger partial charge in [-0.05, 0) is 37.6 Å². The molecule has 0 aliphatic carbocycles. The molecular weight excluding hydrogens is 406 g/mol. The normalized spacial score (nSPS) is 19.7. The molecule has 1 aliphatic heterocycles. The van der Waals surface area contributed by atoms with Gasteiger partial charge in [-0.3, -0.25) is 9.78 Å². The highest BCUT2D eigenvalue weighted by Crippen LogP contribution is 2.18. The summed E-state index contributed by atoms with van der Waals surface area (Å²) in [6.45, 7) is 5.63. The second-order valence-corrected chi connectivity index (χ2v) is 9.46. The number of hydrogen-bond acceptors (Lipinski definition) is 7. The summed E-state index contributed by atoms with van der Waals surface area (Å²) in [6, 6.07) is 6.81. The fraction of sp³-hybridized carbons (Fsp3) is 0.450. The Hall–Kier alpha value is -2.56. The Kier molecular flexibility index (Phi) is 7.01. The van der Waals surface area contributed by atoms with Crippen molar-refractivity contribution in [2.45, 2.75) is 37.5 Å². The maximum Gasteiger partial charge on any atom is 0.244 e. The van der Waals surface area contributed by atoms with Crippen LogP contribution in [0.3, 0.4) is 0 Å². The lowest BCUT2D eigenvalue weighted by molar-refractivity contribution is -0.121. The molecule has 2 aromatic heterocycles. The van der Waals surface area contributed by atoms with E-state index in [1.165, 1.54) is 31.6 Å². The van der Waals surface area contributed by atoms with Gasteiger partial charge >= 0.3 is 0 Å². The first-order valence-corrected chi connectivity index (χ1v) is 11.2. The van der Waals surface area contributed by atoms with Gasteiger partial charge in [-0.2, -0.15) is 4.31 Å². The van der Waals surface area contributed by atoms with Crippen molar-refractivity contribution in [3.05, 3.63) is 48.4 Å². The second kappa shape index (κ2) is 9.50. The van der Waals surface area contributed by atoms with Gasteiger partial charge in [0.25, 0.3) is 0 Å². The summed E-state index contributed by atoms with van der Waals surface area (Å²) >= 11 is 0. The van der Waals surface area contributed by atoms with Gasteiger partial charge in [-0.25, -0.2) is 13.4 Å². The van der Waals surface area contributed by atoms with Gasteiger partial charge in [0.1, 0.15) is 10.7 Å². The first kappa shape index (κ1) is 22.1. The molecule has 1 saturated heterocycles. The van der Waals surface area contributed by atoms with E-state index in [1.807, 2.05) is 26.0 Å². The van der Waals surface area contributed by atoms with Crippen molar-refractivity contribution in [2.24, 2.45) is 0 Å². The van der Waals surface area contributed by atoms with E-state index in [2.05, 4.69) is 20.2 Å². The highest BCUT2D eigenvalue weighted by Gasteiger charge is 2.24. The van der Waals surface area contributed by atoms with E-state index < -0.39 is 15.9 Å². The van der Waals surface area contributed by atoms with E-state index in [0.717, 1.165) is 28.8 Å². The van der Waals surface area contributed by atoms with Crippen LogP contribution in [0.2, 0.25) is 0 Å². The molecule has 30 heavy (non-hydrogen) atoms. The first-order valence-electron chi connectivity index (χ1n) is 9.74. The molecule has 0 bridgehead atoms. The number of anilines is 1. The Bertz CT molecular complexity index is 943. The average molecular weight is 434 g/mol. The maximum atomic E-state index is 12.5. The quantitative estimate of drug-likeness (QED) is 0.695. The molecule has 9 nitrogen and oxygen atoms in total. The van der Waals surface area contributed by atoms with Crippen LogP contribution in [0.5, 0.6) is 0 Å². The Morgan fingerprint density at radius 1 is 1.23 bits per heavy atom. The van der Waals surface area contributed by atoms with Crippen LogP contribution in [-0.4, -0.2) is 67.5 Å². The summed E-state index contributed by atoms with van der Waals surface area (Å²) in [5.74, 6) is 0.472. The molecule has 0 spiro atoms. The predicted molar refractivity (Wildman–Crippen MR) is 112 cm³/mol. The number of aromatic nitrogens is 2. The van der Waals surface area contributed by atoms with E-state index in [1.54, 1.807) is 6.20 Å². The van der Waals surface area contributed by atoms with Crippen molar-refractivity contribution in [3.8, 4) is 0 Å². The second-order valence-electron chi connectivity index (χ2n) is 7.41. The van der Waals surface area contributed by atoms with Gasteiger partial charge in [0, 0.05) is 45.3 Å². The Labute approximate surface area is 177 Å². The number of nitrogens with one attached hydrogen (secondary N) is 1. The van der Waals surface area contributed by atoms with Crippen LogP contribution in [-0.2, 0) is 26.1 Å². The summed E-state index contributed by atoms with van der Waals surface area (Å²) in [4.78, 5) is 22.8. The minimum absolute atomic E-state index is 0.0480. The van der Waals surface area contributed by atoms with E-state index >= 15 is 0 Å². The summed E-state index contributed by atoms with van der Waals surface area (Å²) in [5, 5.41) is 2.73. The molecule has 1 fully saturated rings. The summed E-state index contributed by atoms with van der Waals surface area (Å²) in [6.07, 6.45) is 4.76. The lowest BCUT2D eigenvalue weighted by Gasteiger charge is -2.36. The highest BCUT2D eigenvalue weighted by atomic mass is 32.2. The fourth-order valence-corrected chi connectivity index (χ4v) is 4.39. The smallest absolute Gasteiger partial charge is 0.244 e. The molecule has 2 atom stereocenters. The summed E-state index contributed by atoms with van der Waals surface area (Å²) in [5.41, 5.74) is 0.833. The molecule has 3 heterocycles. The van der Waals surface area contributed by atoms with Crippen LogP contribution in [0.25, 0.3) is 0 Å². The van der Waals surface area contributed by atoms with Gasteiger partial charge in [0.2, 0.25) is 15.9 Å². The van der Waals surface area contributed by atoms with E-state index in [0.29, 0.717) is 0 Å². The Morgan fingerprint density at radius 3 is 2.57 bits per heavy atom. The molecule has 0 aromatic carbocycles. The zero-order valence-corrected chi connectivity index (χ0v) is 18.2. The predicted octanol–water partition coefficient (Wildman–Crippen LogP) is 1.03. The third kappa shape index (κ3) is 5.53. The summed E-state index contributed by atoms with van der Waals surface area (Å²) < 4.78 is 31.7. The van der Waals surface area contributed by atoms with Crippen LogP contribution < -0.4 is 10.2 Å². The molecule has 162 valence electrons. The number of likely N-dealkylation sites (N-methyl/N-ethyl adjacent to an activating group) is 1. The highest BCUT2D eigenvalue weighted by molar-refractivity contribution is 7.89. The zero-order chi connectivity index (χ0) is 21.7. The number of morpholine rings is 1. The largest absolute Gasteiger partial charge is 0.372 e. The van der Waals surface area contributed by atoms with Crippen LogP contribution in [0.4, 0.5) is 5.82 Å². The van der Waals surface area contributed by atoms with Gasteiger partial charge in [-0.1, -0.05) is 6.07 Å². The topological polar surface area (TPSA) is 105 Å². The molecule has 2 aromatic rings. The Morgan fingerprint density at radius 2 is 1.97 bits per heavy atom. The van der Waals surface area contributed by atoms with Crippen LogP contribution in [0, 0.1) is 0 Å². The van der Waals surface area contributed by atoms with Crippen molar-refractivity contribution in [1.82, 2.24) is 19.6 Å². The van der Waals surface area contributed by atoms with Gasteiger partial charge in [-0.15, -0.1) is 0 Å². The SMILES string of the molecule is CC1CN(c2ccc(CNC(=O)CN(C)S(=O)(=O)c3cccnc3)cn2)CC(C)O1. The number of carbonyl (C=O) groups excluding carboxylic acids is 1. The van der Waals surface area contributed by atoms with Crippen LogP contribution in [0.15, 0.2) is 47.8 Å². The number of carbonyl (C=O) groups is 1. The number of amides is 1. The Balaban J connectivity index is 1.52. The third-order valence-corrected chi connectivity index (χ3v) is 6.54. The molecule has 0 radical (unpaired) electrons. The number of ether oxygens (including phenoxy) is 1. The molecule has 1 aliphatic rings. The molecule has 2 unspecified atom stereocenters. The van der Waals surface area contributed by atoms with E-state index in [4.69, 9.17) is 4.74 Å². The first-order chi connectivity index (χ1) is 14.3. The molecule has 10 heteroatoms. The standard InChI is InChI=1S/C20H27N5O4S/c1-15-12-25(13-16(2)29-15)19-7-6-17(9-22-19)10-23-20(26)14-24(3)30(27,28)18-5-4-8-21-11-18/h4-9,11,15-16H,10,12-14H2,1-3H3,(H,23,26). The van der Waals surface area contributed by atoms with Crippen molar-refractivity contribution in [3.63, 3.8) is 0 Å². The van der Waals surface area contributed by atoms with Crippen LogP contribution >= 0.6 is 0 Å². The minimum Gasteiger partial charge on any atom is -0.372 e. The van der Waals surface area contributed by atoms with Gasteiger partial charge in [0.15, 0.2) is 0 Å². The van der Waals surface area contributed by atoms with Crippen molar-refractivity contribution < 1.29 is 17.9 Å². The van der Waals surface area contributed by atoms with Gasteiger partial charge < -0.3 is 15.0 Å². The molecular formula is C20H27N5O4S. The van der Waals surface area contributed by atoms with Crippen LogP contribution in [0.1, 0.15) is 19.4 Å². The van der Waals surface area contributed by atoms with E-state index in [9.17, 15) is 13.2 Å². The monoisotopic (exact) mass is 433 g/mol. The van der Waals surface area contributed by atoms with E-state index in [-0.39, 0.29) is 30.2 Å². The number of hydrogen-bond donors (Lipinski definition) is 1. The molecule has 0 saturated carbocycles.